The van der Waals surface area contributed by atoms with Gasteiger partial charge in [-0.3, -0.25) is 4.79 Å². The van der Waals surface area contributed by atoms with E-state index in [0.29, 0.717) is 11.5 Å². The fourth-order valence-corrected chi connectivity index (χ4v) is 2.42. The summed E-state index contributed by atoms with van der Waals surface area (Å²) < 4.78 is 0. The number of rotatable bonds is 2. The molecule has 4 heteroatoms. The molecule has 1 aromatic heterocycles. The van der Waals surface area contributed by atoms with Gasteiger partial charge in [0.05, 0.1) is 0 Å². The molecule has 0 atom stereocenters. The van der Waals surface area contributed by atoms with Crippen molar-refractivity contribution in [1.29, 1.82) is 0 Å². The molecule has 1 heterocycles. The van der Waals surface area contributed by atoms with E-state index in [2.05, 4.69) is 16.4 Å². The maximum Gasteiger partial charge on any atom is 0.274 e. The van der Waals surface area contributed by atoms with Gasteiger partial charge < -0.3 is 11.1 Å². The number of benzene rings is 1. The lowest BCUT2D eigenvalue weighted by Crippen LogP contribution is -2.14. The second-order valence-electron chi connectivity index (χ2n) is 4.74. The maximum atomic E-state index is 12.0. The Balaban J connectivity index is 1.80. The SMILES string of the molecule is Nc1cccc(C(=O)Nc2ccc3c(c2)CCC3)n1. The number of carbonyl (C=O) groups excluding carboxylic acids is 1. The minimum Gasteiger partial charge on any atom is -0.384 e. The number of amides is 1. The van der Waals surface area contributed by atoms with Gasteiger partial charge in [-0.25, -0.2) is 4.98 Å². The van der Waals surface area contributed by atoms with Crippen molar-refractivity contribution in [2.75, 3.05) is 11.1 Å². The number of hydrogen-bond donors (Lipinski definition) is 2. The highest BCUT2D eigenvalue weighted by atomic mass is 16.1. The molecule has 0 spiro atoms. The number of anilines is 2. The lowest BCUT2D eigenvalue weighted by atomic mass is 10.1. The number of aryl methyl sites for hydroxylation is 2. The van der Waals surface area contributed by atoms with Crippen LogP contribution in [0.25, 0.3) is 0 Å². The highest BCUT2D eigenvalue weighted by molar-refractivity contribution is 6.03. The van der Waals surface area contributed by atoms with Crippen LogP contribution in [-0.4, -0.2) is 10.9 Å². The Bertz CT molecular complexity index is 637. The second-order valence-corrected chi connectivity index (χ2v) is 4.74. The van der Waals surface area contributed by atoms with Crippen LogP contribution < -0.4 is 11.1 Å². The first-order chi connectivity index (χ1) is 9.22. The first-order valence-corrected chi connectivity index (χ1v) is 6.38. The van der Waals surface area contributed by atoms with Crippen LogP contribution >= 0.6 is 0 Å². The van der Waals surface area contributed by atoms with Crippen LogP contribution in [0, 0.1) is 0 Å². The molecule has 1 aromatic carbocycles. The zero-order valence-corrected chi connectivity index (χ0v) is 10.5. The van der Waals surface area contributed by atoms with Gasteiger partial charge in [0.1, 0.15) is 11.5 Å². The van der Waals surface area contributed by atoms with Crippen molar-refractivity contribution >= 4 is 17.4 Å². The summed E-state index contributed by atoms with van der Waals surface area (Å²) in [5.74, 6) is 0.117. The Morgan fingerprint density at radius 2 is 2.00 bits per heavy atom. The van der Waals surface area contributed by atoms with Gasteiger partial charge in [0, 0.05) is 5.69 Å². The van der Waals surface area contributed by atoms with E-state index in [9.17, 15) is 4.79 Å². The van der Waals surface area contributed by atoms with E-state index < -0.39 is 0 Å². The van der Waals surface area contributed by atoms with Crippen LogP contribution in [0.15, 0.2) is 36.4 Å². The third kappa shape index (κ3) is 2.42. The minimum absolute atomic E-state index is 0.231. The van der Waals surface area contributed by atoms with Gasteiger partial charge in [0.25, 0.3) is 5.91 Å². The van der Waals surface area contributed by atoms with Crippen molar-refractivity contribution in [2.24, 2.45) is 0 Å². The first kappa shape index (κ1) is 11.7. The highest BCUT2D eigenvalue weighted by Crippen LogP contribution is 2.25. The lowest BCUT2D eigenvalue weighted by Gasteiger charge is -2.07. The smallest absolute Gasteiger partial charge is 0.274 e. The number of nitrogen functional groups attached to an aromatic ring is 1. The van der Waals surface area contributed by atoms with E-state index in [4.69, 9.17) is 5.73 Å². The van der Waals surface area contributed by atoms with Crippen molar-refractivity contribution < 1.29 is 4.79 Å². The molecule has 3 N–H and O–H groups in total. The number of carbonyl (C=O) groups is 1. The maximum absolute atomic E-state index is 12.0. The van der Waals surface area contributed by atoms with Crippen molar-refractivity contribution in [1.82, 2.24) is 4.98 Å². The fraction of sp³-hybridized carbons (Fsp3) is 0.200. The van der Waals surface area contributed by atoms with Crippen molar-refractivity contribution in [3.63, 3.8) is 0 Å². The molecule has 4 nitrogen and oxygen atoms in total. The third-order valence-electron chi connectivity index (χ3n) is 3.36. The van der Waals surface area contributed by atoms with Crippen LogP contribution in [0.2, 0.25) is 0 Å². The summed E-state index contributed by atoms with van der Waals surface area (Å²) in [6.45, 7) is 0. The van der Waals surface area contributed by atoms with Crippen LogP contribution in [0.5, 0.6) is 0 Å². The molecule has 0 radical (unpaired) electrons. The molecular weight excluding hydrogens is 238 g/mol. The van der Waals surface area contributed by atoms with Crippen molar-refractivity contribution in [3.8, 4) is 0 Å². The number of nitrogens with zero attached hydrogens (tertiary/aromatic N) is 1. The van der Waals surface area contributed by atoms with Crippen LogP contribution in [0.4, 0.5) is 11.5 Å². The zero-order valence-electron chi connectivity index (χ0n) is 10.5. The average molecular weight is 253 g/mol. The largest absolute Gasteiger partial charge is 0.384 e. The molecular formula is C15H15N3O. The second kappa shape index (κ2) is 4.72. The molecule has 96 valence electrons. The van der Waals surface area contributed by atoms with E-state index >= 15 is 0 Å². The van der Waals surface area contributed by atoms with E-state index in [-0.39, 0.29) is 5.91 Å². The normalized spacial score (nSPS) is 13.1. The van der Waals surface area contributed by atoms with Crippen LogP contribution in [0.3, 0.4) is 0 Å². The predicted octanol–water partition coefficient (Wildman–Crippen LogP) is 2.40. The van der Waals surface area contributed by atoms with E-state index in [1.165, 1.54) is 17.5 Å². The van der Waals surface area contributed by atoms with E-state index in [1.807, 2.05) is 12.1 Å². The van der Waals surface area contributed by atoms with E-state index in [0.717, 1.165) is 18.5 Å². The van der Waals surface area contributed by atoms with E-state index in [1.54, 1.807) is 18.2 Å². The lowest BCUT2D eigenvalue weighted by molar-refractivity contribution is 0.102. The summed E-state index contributed by atoms with van der Waals surface area (Å²) in [7, 11) is 0. The monoisotopic (exact) mass is 253 g/mol. The molecule has 0 unspecified atom stereocenters. The topological polar surface area (TPSA) is 68.0 Å². The summed E-state index contributed by atoms with van der Waals surface area (Å²) in [5, 5.41) is 2.86. The van der Waals surface area contributed by atoms with Gasteiger partial charge in [-0.05, 0) is 54.7 Å². The summed E-state index contributed by atoms with van der Waals surface area (Å²) in [5.41, 5.74) is 9.44. The molecule has 0 saturated heterocycles. The van der Waals surface area contributed by atoms with Gasteiger partial charge in [-0.1, -0.05) is 12.1 Å². The first-order valence-electron chi connectivity index (χ1n) is 6.38. The van der Waals surface area contributed by atoms with Crippen LogP contribution in [-0.2, 0) is 12.8 Å². The Labute approximate surface area is 111 Å². The number of fused-ring (bicyclic) bond motifs is 1. The predicted molar refractivity (Wildman–Crippen MR) is 75.1 cm³/mol. The molecule has 0 aliphatic heterocycles. The van der Waals surface area contributed by atoms with Gasteiger partial charge in [-0.2, -0.15) is 0 Å². The average Bonchev–Trinajstić information content (AvgIpc) is 2.86. The molecule has 1 amide bonds. The molecule has 0 bridgehead atoms. The number of pyridine rings is 1. The van der Waals surface area contributed by atoms with Gasteiger partial charge >= 0.3 is 0 Å². The Morgan fingerprint density at radius 3 is 2.84 bits per heavy atom. The summed E-state index contributed by atoms with van der Waals surface area (Å²) in [6.07, 6.45) is 3.43. The number of nitrogens with two attached hydrogens (primary N) is 1. The van der Waals surface area contributed by atoms with Gasteiger partial charge in [0.2, 0.25) is 0 Å². The highest BCUT2D eigenvalue weighted by Gasteiger charge is 2.13. The number of nitrogens with one attached hydrogen (secondary N) is 1. The quantitative estimate of drug-likeness (QED) is 0.863. The van der Waals surface area contributed by atoms with Gasteiger partial charge in [-0.15, -0.1) is 0 Å². The fourth-order valence-electron chi connectivity index (χ4n) is 2.42. The molecule has 1 aliphatic carbocycles. The number of hydrogen-bond acceptors (Lipinski definition) is 3. The van der Waals surface area contributed by atoms with Gasteiger partial charge in [0.15, 0.2) is 0 Å². The standard InChI is InChI=1S/C15H15N3O/c16-14-6-2-5-13(18-14)15(19)17-12-8-7-10-3-1-4-11(10)9-12/h2,5-9H,1,3-4H2,(H2,16,18)(H,17,19). The number of aromatic nitrogens is 1. The molecule has 0 fully saturated rings. The summed E-state index contributed by atoms with van der Waals surface area (Å²) >= 11 is 0. The molecule has 0 saturated carbocycles. The molecule has 2 aromatic rings. The summed E-state index contributed by atoms with van der Waals surface area (Å²) in [6, 6.07) is 11.1. The summed E-state index contributed by atoms with van der Waals surface area (Å²) in [4.78, 5) is 16.0. The Hall–Kier alpha value is -2.36. The Kier molecular flexibility index (Phi) is 2.91. The van der Waals surface area contributed by atoms with Crippen molar-refractivity contribution in [3.05, 3.63) is 53.2 Å². The zero-order chi connectivity index (χ0) is 13.2. The van der Waals surface area contributed by atoms with Crippen molar-refractivity contribution in [2.45, 2.75) is 19.3 Å². The molecule has 3 rings (SSSR count). The molecule has 19 heavy (non-hydrogen) atoms. The molecule has 1 aliphatic rings. The minimum atomic E-state index is -0.231. The Morgan fingerprint density at radius 1 is 1.16 bits per heavy atom. The third-order valence-corrected chi connectivity index (χ3v) is 3.36. The van der Waals surface area contributed by atoms with Crippen LogP contribution in [0.1, 0.15) is 28.0 Å².